The summed E-state index contributed by atoms with van der Waals surface area (Å²) >= 11 is 1.39. The third-order valence-electron chi connectivity index (χ3n) is 3.47. The quantitative estimate of drug-likeness (QED) is 0.771. The van der Waals surface area contributed by atoms with E-state index in [1.54, 1.807) is 20.8 Å². The maximum absolute atomic E-state index is 12.0. The van der Waals surface area contributed by atoms with Crippen LogP contribution in [0.25, 0.3) is 0 Å². The number of aliphatic hydroxyl groups excluding tert-OH is 1. The van der Waals surface area contributed by atoms with Crippen LogP contribution in [0, 0.1) is 5.92 Å². The van der Waals surface area contributed by atoms with Gasteiger partial charge in [0.1, 0.15) is 23.2 Å². The second-order valence-electron chi connectivity index (χ2n) is 6.58. The fourth-order valence-corrected chi connectivity index (χ4v) is 3.87. The number of nitrogens with one attached hydrogen (secondary N) is 1. The first-order valence-electron chi connectivity index (χ1n) is 7.55. The Morgan fingerprint density at radius 1 is 1.32 bits per heavy atom. The van der Waals surface area contributed by atoms with Crippen LogP contribution < -0.4 is 5.32 Å². The summed E-state index contributed by atoms with van der Waals surface area (Å²) in [6.07, 6.45) is -0.359. The van der Waals surface area contributed by atoms with Crippen molar-refractivity contribution in [1.82, 2.24) is 5.32 Å². The number of amides is 1. The van der Waals surface area contributed by atoms with E-state index in [1.165, 1.54) is 18.7 Å². The van der Waals surface area contributed by atoms with Gasteiger partial charge in [0.25, 0.3) is 0 Å². The second-order valence-corrected chi connectivity index (χ2v) is 7.94. The molecule has 0 unspecified atom stereocenters. The van der Waals surface area contributed by atoms with Crippen molar-refractivity contribution in [3.05, 3.63) is 0 Å². The minimum atomic E-state index is -0.849. The molecule has 0 radical (unpaired) electrons. The number of esters is 1. The Morgan fingerprint density at radius 3 is 2.36 bits per heavy atom. The molecule has 128 valence electrons. The number of rotatable bonds is 3. The van der Waals surface area contributed by atoms with E-state index in [0.717, 1.165) is 6.42 Å². The van der Waals surface area contributed by atoms with Crippen LogP contribution in [0.3, 0.4) is 0 Å². The third kappa shape index (κ3) is 5.35. The van der Waals surface area contributed by atoms with Crippen LogP contribution in [-0.2, 0) is 14.3 Å². The maximum atomic E-state index is 12.0. The zero-order valence-electron chi connectivity index (χ0n) is 14.1. The molecule has 0 aromatic heterocycles. The first-order chi connectivity index (χ1) is 10.0. The molecule has 1 aliphatic heterocycles. The van der Waals surface area contributed by atoms with E-state index in [-0.39, 0.29) is 11.2 Å². The average Bonchev–Trinajstić information content (AvgIpc) is 2.35. The van der Waals surface area contributed by atoms with Crippen LogP contribution >= 0.6 is 11.8 Å². The van der Waals surface area contributed by atoms with Gasteiger partial charge in [0, 0.05) is 18.1 Å². The van der Waals surface area contributed by atoms with Gasteiger partial charge in [-0.25, -0.2) is 4.79 Å². The molecule has 1 rings (SSSR count). The molecule has 7 heteroatoms. The fraction of sp³-hybridized carbons (Fsp3) is 0.867. The Balaban J connectivity index is 2.87. The Kier molecular flexibility index (Phi) is 6.55. The second kappa shape index (κ2) is 7.55. The largest absolute Gasteiger partial charge is 0.460 e. The number of hydrogen-bond acceptors (Lipinski definition) is 6. The summed E-state index contributed by atoms with van der Waals surface area (Å²) in [6.45, 7) is 10.6. The van der Waals surface area contributed by atoms with Gasteiger partial charge in [-0.2, -0.15) is 0 Å². The molecule has 1 amide bonds. The minimum Gasteiger partial charge on any atom is -0.460 e. The molecule has 1 fully saturated rings. The SMILES string of the molecule is CC[C@H]1S[C@H](O)[C@H](NC(=O)OC(C)(C)C)[C@@H](OC(C)=O)[C@@H]1C. The zero-order valence-corrected chi connectivity index (χ0v) is 14.9. The van der Waals surface area contributed by atoms with Crippen LogP contribution in [0.2, 0.25) is 0 Å². The molecule has 5 atom stereocenters. The molecule has 0 saturated carbocycles. The van der Waals surface area contributed by atoms with Gasteiger partial charge in [0.15, 0.2) is 0 Å². The Bertz CT molecular complexity index is 409. The first-order valence-corrected chi connectivity index (χ1v) is 8.49. The van der Waals surface area contributed by atoms with Crippen LogP contribution in [0.15, 0.2) is 0 Å². The lowest BCUT2D eigenvalue weighted by atomic mass is 9.92. The van der Waals surface area contributed by atoms with Crippen LogP contribution in [-0.4, -0.2) is 45.6 Å². The van der Waals surface area contributed by atoms with Gasteiger partial charge in [-0.05, 0) is 27.2 Å². The van der Waals surface area contributed by atoms with Crippen molar-refractivity contribution in [2.75, 3.05) is 0 Å². The minimum absolute atomic E-state index is 0.0160. The highest BCUT2D eigenvalue weighted by Crippen LogP contribution is 2.38. The molecule has 0 bridgehead atoms. The maximum Gasteiger partial charge on any atom is 0.408 e. The van der Waals surface area contributed by atoms with Crippen molar-refractivity contribution in [3.63, 3.8) is 0 Å². The normalized spacial score (nSPS) is 32.2. The van der Waals surface area contributed by atoms with Crippen molar-refractivity contribution >= 4 is 23.8 Å². The number of alkyl carbamates (subject to hydrolysis) is 1. The molecule has 0 aliphatic carbocycles. The summed E-state index contributed by atoms with van der Waals surface area (Å²) in [5.41, 5.74) is -1.48. The van der Waals surface area contributed by atoms with Crippen molar-refractivity contribution in [3.8, 4) is 0 Å². The highest BCUT2D eigenvalue weighted by atomic mass is 32.2. The van der Waals surface area contributed by atoms with Gasteiger partial charge in [-0.3, -0.25) is 4.79 Å². The molecule has 0 aromatic rings. The molecule has 22 heavy (non-hydrogen) atoms. The summed E-state index contributed by atoms with van der Waals surface area (Å²) in [6, 6.07) is -0.693. The summed E-state index contributed by atoms with van der Waals surface area (Å²) in [7, 11) is 0. The summed E-state index contributed by atoms with van der Waals surface area (Å²) < 4.78 is 10.6. The highest BCUT2D eigenvalue weighted by molar-refractivity contribution is 8.00. The lowest BCUT2D eigenvalue weighted by molar-refractivity contribution is -0.152. The number of aliphatic hydroxyl groups is 1. The predicted octanol–water partition coefficient (Wildman–Crippen LogP) is 2.29. The van der Waals surface area contributed by atoms with Gasteiger partial charge in [0.05, 0.1) is 0 Å². The van der Waals surface area contributed by atoms with Gasteiger partial charge in [-0.15, -0.1) is 11.8 Å². The number of carbonyl (C=O) groups is 2. The van der Waals surface area contributed by atoms with E-state index in [1.807, 2.05) is 13.8 Å². The summed E-state index contributed by atoms with van der Waals surface area (Å²) in [5, 5.41) is 13.1. The monoisotopic (exact) mass is 333 g/mol. The van der Waals surface area contributed by atoms with Crippen molar-refractivity contribution in [1.29, 1.82) is 0 Å². The Labute approximate surface area is 136 Å². The van der Waals surface area contributed by atoms with E-state index in [2.05, 4.69) is 5.32 Å². The summed E-state index contributed by atoms with van der Waals surface area (Å²) in [4.78, 5) is 23.3. The van der Waals surface area contributed by atoms with Gasteiger partial charge < -0.3 is 19.9 Å². The van der Waals surface area contributed by atoms with Gasteiger partial charge in [0.2, 0.25) is 0 Å². The van der Waals surface area contributed by atoms with Crippen LogP contribution in [0.5, 0.6) is 0 Å². The number of hydrogen-bond donors (Lipinski definition) is 2. The fourth-order valence-electron chi connectivity index (χ4n) is 2.53. The third-order valence-corrected chi connectivity index (χ3v) is 5.15. The molecule has 0 spiro atoms. The van der Waals surface area contributed by atoms with E-state index in [9.17, 15) is 14.7 Å². The number of thioether (sulfide) groups is 1. The molecule has 0 aromatic carbocycles. The zero-order chi connectivity index (χ0) is 17.1. The lowest BCUT2D eigenvalue weighted by Gasteiger charge is -2.43. The van der Waals surface area contributed by atoms with E-state index < -0.39 is 35.2 Å². The molecule has 6 nitrogen and oxygen atoms in total. The number of carbonyl (C=O) groups excluding carboxylic acids is 2. The van der Waals surface area contributed by atoms with Crippen molar-refractivity contribution in [2.24, 2.45) is 5.92 Å². The summed E-state index contributed by atoms with van der Waals surface area (Å²) in [5.74, 6) is -0.413. The van der Waals surface area contributed by atoms with Crippen LogP contribution in [0.4, 0.5) is 4.79 Å². The molecular formula is C15H27NO5S. The van der Waals surface area contributed by atoms with E-state index in [4.69, 9.17) is 9.47 Å². The van der Waals surface area contributed by atoms with E-state index >= 15 is 0 Å². The topological polar surface area (TPSA) is 84.9 Å². The van der Waals surface area contributed by atoms with Crippen molar-refractivity contribution < 1.29 is 24.2 Å². The van der Waals surface area contributed by atoms with Crippen LogP contribution in [0.1, 0.15) is 48.0 Å². The Morgan fingerprint density at radius 2 is 1.91 bits per heavy atom. The smallest absolute Gasteiger partial charge is 0.408 e. The van der Waals surface area contributed by atoms with Crippen molar-refractivity contribution in [2.45, 2.75) is 76.4 Å². The molecule has 1 saturated heterocycles. The average molecular weight is 333 g/mol. The molecule has 1 heterocycles. The number of ether oxygens (including phenoxy) is 2. The predicted molar refractivity (Wildman–Crippen MR) is 85.6 cm³/mol. The lowest BCUT2D eigenvalue weighted by Crippen LogP contribution is -2.59. The van der Waals surface area contributed by atoms with E-state index in [0.29, 0.717) is 0 Å². The molecule has 1 aliphatic rings. The standard InChI is InChI=1S/C15H27NO5S/c1-7-10-8(2)12(20-9(3)17)11(13(18)22-10)16-14(19)21-15(4,5)6/h8,10-13,18H,7H2,1-6H3,(H,16,19)/t8-,10-,11-,12+,13+/m1/s1. The van der Waals surface area contributed by atoms with Gasteiger partial charge in [-0.1, -0.05) is 13.8 Å². The molecule has 2 N–H and O–H groups in total. The molecular weight excluding hydrogens is 306 g/mol. The Hall–Kier alpha value is -0.950. The highest BCUT2D eigenvalue weighted by Gasteiger charge is 2.45. The first kappa shape index (κ1) is 19.1. The van der Waals surface area contributed by atoms with Gasteiger partial charge >= 0.3 is 12.1 Å².